The summed E-state index contributed by atoms with van der Waals surface area (Å²) in [6, 6.07) is 9.74. The number of pyridine rings is 1. The molecular weight excluding hydrogens is 246 g/mol. The van der Waals surface area contributed by atoms with Gasteiger partial charge in [0, 0.05) is 5.39 Å². The Labute approximate surface area is 110 Å². The van der Waals surface area contributed by atoms with Gasteiger partial charge in [0.25, 0.3) is 0 Å². The van der Waals surface area contributed by atoms with Crippen LogP contribution in [0.15, 0.2) is 54.8 Å². The minimum Gasteiger partial charge on any atom is -0.368 e. The van der Waals surface area contributed by atoms with Gasteiger partial charge in [-0.1, -0.05) is 29.8 Å². The summed E-state index contributed by atoms with van der Waals surface area (Å²) in [4.78, 5) is 4.53. The first kappa shape index (κ1) is 11.1. The predicted octanol–water partition coefficient (Wildman–Crippen LogP) is 3.30. The van der Waals surface area contributed by atoms with Crippen LogP contribution in [0.4, 0.5) is 5.82 Å². The lowest BCUT2D eigenvalue weighted by molar-refractivity contribution is 0.771. The molecule has 0 saturated heterocycles. The highest BCUT2D eigenvalue weighted by atomic mass is 35.5. The summed E-state index contributed by atoms with van der Waals surface area (Å²) in [5, 5.41) is 8.17. The smallest absolute Gasteiger partial charge is 0.128 e. The third kappa shape index (κ3) is 2.17. The summed E-state index contributed by atoms with van der Waals surface area (Å²) in [7, 11) is 0. The first-order chi connectivity index (χ1) is 8.83. The number of hydrogen-bond donors (Lipinski definition) is 2. The zero-order chi connectivity index (χ0) is 12.4. The van der Waals surface area contributed by atoms with Gasteiger partial charge in [0.2, 0.25) is 0 Å². The highest BCUT2D eigenvalue weighted by Crippen LogP contribution is 2.23. The van der Waals surface area contributed by atoms with Crippen LogP contribution in [0.3, 0.4) is 0 Å². The Morgan fingerprint density at radius 3 is 2.94 bits per heavy atom. The van der Waals surface area contributed by atoms with Crippen molar-refractivity contribution in [1.82, 2.24) is 10.3 Å². The SMILES string of the molecule is Clc1cccc2ccc(NC3C=CC=CN3)nc12. The molecule has 3 rings (SSSR count). The van der Waals surface area contributed by atoms with E-state index in [-0.39, 0.29) is 6.17 Å². The highest BCUT2D eigenvalue weighted by Gasteiger charge is 2.06. The third-order valence-electron chi connectivity index (χ3n) is 2.76. The predicted molar refractivity (Wildman–Crippen MR) is 75.6 cm³/mol. The van der Waals surface area contributed by atoms with Crippen LogP contribution in [0.2, 0.25) is 5.02 Å². The van der Waals surface area contributed by atoms with E-state index in [9.17, 15) is 0 Å². The van der Waals surface area contributed by atoms with Gasteiger partial charge in [0.05, 0.1) is 10.5 Å². The molecule has 3 nitrogen and oxygen atoms in total. The van der Waals surface area contributed by atoms with Crippen molar-refractivity contribution in [2.75, 3.05) is 5.32 Å². The van der Waals surface area contributed by atoms with E-state index in [0.29, 0.717) is 5.02 Å². The van der Waals surface area contributed by atoms with Crippen molar-refractivity contribution in [3.8, 4) is 0 Å². The van der Waals surface area contributed by atoms with Crippen molar-refractivity contribution in [2.24, 2.45) is 0 Å². The van der Waals surface area contributed by atoms with Crippen LogP contribution < -0.4 is 10.6 Å². The molecule has 2 heterocycles. The van der Waals surface area contributed by atoms with Crippen LogP contribution in [0.1, 0.15) is 0 Å². The van der Waals surface area contributed by atoms with E-state index >= 15 is 0 Å². The normalized spacial score (nSPS) is 17.7. The van der Waals surface area contributed by atoms with E-state index in [1.165, 1.54) is 0 Å². The molecular formula is C14H12ClN3. The summed E-state index contributed by atoms with van der Waals surface area (Å²) < 4.78 is 0. The van der Waals surface area contributed by atoms with Crippen LogP contribution >= 0.6 is 11.6 Å². The summed E-state index contributed by atoms with van der Waals surface area (Å²) in [5.41, 5.74) is 0.819. The molecule has 0 bridgehead atoms. The number of anilines is 1. The van der Waals surface area contributed by atoms with Crippen molar-refractivity contribution in [3.63, 3.8) is 0 Å². The lowest BCUT2D eigenvalue weighted by Crippen LogP contribution is -2.32. The molecule has 1 aromatic heterocycles. The quantitative estimate of drug-likeness (QED) is 0.867. The van der Waals surface area contributed by atoms with Gasteiger partial charge >= 0.3 is 0 Å². The Bertz CT molecular complexity index is 634. The van der Waals surface area contributed by atoms with E-state index in [0.717, 1.165) is 16.7 Å². The van der Waals surface area contributed by atoms with Gasteiger partial charge in [0.15, 0.2) is 0 Å². The number of nitrogens with one attached hydrogen (secondary N) is 2. The molecule has 0 radical (unpaired) electrons. The van der Waals surface area contributed by atoms with E-state index in [1.54, 1.807) is 0 Å². The van der Waals surface area contributed by atoms with Crippen LogP contribution in [-0.4, -0.2) is 11.1 Å². The van der Waals surface area contributed by atoms with Gasteiger partial charge in [-0.2, -0.15) is 0 Å². The monoisotopic (exact) mass is 257 g/mol. The number of rotatable bonds is 2. The fourth-order valence-corrected chi connectivity index (χ4v) is 2.11. The number of hydrogen-bond acceptors (Lipinski definition) is 3. The van der Waals surface area contributed by atoms with Crippen molar-refractivity contribution in [1.29, 1.82) is 0 Å². The van der Waals surface area contributed by atoms with Gasteiger partial charge in [0.1, 0.15) is 12.0 Å². The summed E-state index contributed by atoms with van der Waals surface area (Å²) in [6.07, 6.45) is 7.91. The highest BCUT2D eigenvalue weighted by molar-refractivity contribution is 6.35. The van der Waals surface area contributed by atoms with Crippen LogP contribution in [0.5, 0.6) is 0 Å². The lowest BCUT2D eigenvalue weighted by Gasteiger charge is -2.18. The zero-order valence-corrected chi connectivity index (χ0v) is 10.4. The Balaban J connectivity index is 1.91. The molecule has 2 aromatic rings. The molecule has 90 valence electrons. The van der Waals surface area contributed by atoms with E-state index < -0.39 is 0 Å². The molecule has 1 aromatic carbocycles. The topological polar surface area (TPSA) is 37.0 Å². The number of para-hydroxylation sites is 1. The molecule has 1 atom stereocenters. The standard InChI is InChI=1S/C14H12ClN3/c15-11-5-3-4-10-7-8-13(18-14(10)11)17-12-6-1-2-9-16-12/h1-9,12,16H,(H,17,18). The fourth-order valence-electron chi connectivity index (χ4n) is 1.89. The Kier molecular flexibility index (Phi) is 2.90. The second kappa shape index (κ2) is 4.70. The molecule has 18 heavy (non-hydrogen) atoms. The molecule has 1 aliphatic heterocycles. The Morgan fingerprint density at radius 2 is 2.11 bits per heavy atom. The molecule has 4 heteroatoms. The van der Waals surface area contributed by atoms with Crippen LogP contribution in [0, 0.1) is 0 Å². The number of nitrogens with zero attached hydrogens (tertiary/aromatic N) is 1. The van der Waals surface area contributed by atoms with Crippen LogP contribution in [-0.2, 0) is 0 Å². The fraction of sp³-hybridized carbons (Fsp3) is 0.0714. The van der Waals surface area contributed by atoms with Crippen molar-refractivity contribution in [2.45, 2.75) is 6.17 Å². The molecule has 2 N–H and O–H groups in total. The van der Waals surface area contributed by atoms with Crippen LogP contribution in [0.25, 0.3) is 10.9 Å². The van der Waals surface area contributed by atoms with E-state index in [1.807, 2.05) is 54.8 Å². The second-order valence-corrected chi connectivity index (χ2v) is 4.45. The van der Waals surface area contributed by atoms with Gasteiger partial charge in [-0.3, -0.25) is 0 Å². The van der Waals surface area contributed by atoms with Crippen molar-refractivity contribution < 1.29 is 0 Å². The molecule has 1 aliphatic rings. The maximum Gasteiger partial charge on any atom is 0.128 e. The number of fused-ring (bicyclic) bond motifs is 1. The lowest BCUT2D eigenvalue weighted by atomic mass is 10.2. The molecule has 0 saturated carbocycles. The van der Waals surface area contributed by atoms with E-state index in [4.69, 9.17) is 11.6 Å². The number of dihydropyridines is 1. The maximum absolute atomic E-state index is 6.14. The summed E-state index contributed by atoms with van der Waals surface area (Å²) in [6.45, 7) is 0. The Morgan fingerprint density at radius 1 is 1.17 bits per heavy atom. The molecule has 1 unspecified atom stereocenters. The minimum atomic E-state index is 0.0578. The molecule has 0 spiro atoms. The van der Waals surface area contributed by atoms with Gasteiger partial charge < -0.3 is 10.6 Å². The largest absolute Gasteiger partial charge is 0.368 e. The molecule has 0 aliphatic carbocycles. The number of aromatic nitrogens is 1. The number of benzene rings is 1. The van der Waals surface area contributed by atoms with Gasteiger partial charge in [-0.05, 0) is 36.6 Å². The van der Waals surface area contributed by atoms with Gasteiger partial charge in [-0.15, -0.1) is 0 Å². The number of allylic oxidation sites excluding steroid dienone is 2. The zero-order valence-electron chi connectivity index (χ0n) is 9.60. The third-order valence-corrected chi connectivity index (χ3v) is 3.07. The molecule has 0 fully saturated rings. The van der Waals surface area contributed by atoms with E-state index in [2.05, 4.69) is 15.6 Å². The first-order valence-corrected chi connectivity index (χ1v) is 6.12. The molecule has 0 amide bonds. The number of halogens is 1. The van der Waals surface area contributed by atoms with Gasteiger partial charge in [-0.25, -0.2) is 4.98 Å². The average molecular weight is 258 g/mol. The van der Waals surface area contributed by atoms with Crippen molar-refractivity contribution in [3.05, 3.63) is 59.8 Å². The second-order valence-electron chi connectivity index (χ2n) is 4.04. The minimum absolute atomic E-state index is 0.0578. The average Bonchev–Trinajstić information content (AvgIpc) is 2.41. The maximum atomic E-state index is 6.14. The first-order valence-electron chi connectivity index (χ1n) is 5.74. The summed E-state index contributed by atoms with van der Waals surface area (Å²) in [5.74, 6) is 0.799. The Hall–Kier alpha value is -2.00. The summed E-state index contributed by atoms with van der Waals surface area (Å²) >= 11 is 6.14. The van der Waals surface area contributed by atoms with Crippen molar-refractivity contribution >= 4 is 28.3 Å².